The molecule has 0 aliphatic heterocycles. The molecule has 1 aliphatic rings. The standard InChI is InChI=1S/C19H38/c1-5-7-11-15-19(4,16-12-8-6-2)18-14-10-9-13-17(18)3/h17-18H,5-16H2,1-4H3. The van der Waals surface area contributed by atoms with Crippen molar-refractivity contribution in [1.29, 1.82) is 0 Å². The van der Waals surface area contributed by atoms with Crippen molar-refractivity contribution in [3.8, 4) is 0 Å². The van der Waals surface area contributed by atoms with Gasteiger partial charge in [-0.1, -0.05) is 85.5 Å². The maximum absolute atomic E-state index is 2.63. The summed E-state index contributed by atoms with van der Waals surface area (Å²) >= 11 is 0. The van der Waals surface area contributed by atoms with Crippen molar-refractivity contribution in [3.63, 3.8) is 0 Å². The van der Waals surface area contributed by atoms with Crippen molar-refractivity contribution in [2.75, 3.05) is 0 Å². The molecule has 0 aromatic heterocycles. The summed E-state index contributed by atoms with van der Waals surface area (Å²) in [4.78, 5) is 0. The zero-order valence-electron chi connectivity index (χ0n) is 14.1. The lowest BCUT2D eigenvalue weighted by molar-refractivity contribution is 0.0628. The van der Waals surface area contributed by atoms with Gasteiger partial charge in [-0.15, -0.1) is 0 Å². The Morgan fingerprint density at radius 1 is 0.842 bits per heavy atom. The first kappa shape index (κ1) is 17.1. The molecule has 0 saturated heterocycles. The minimum Gasteiger partial charge on any atom is -0.0654 e. The van der Waals surface area contributed by atoms with Gasteiger partial charge in [-0.3, -0.25) is 0 Å². The lowest BCUT2D eigenvalue weighted by atomic mass is 9.61. The molecule has 19 heavy (non-hydrogen) atoms. The summed E-state index contributed by atoms with van der Waals surface area (Å²) in [6, 6.07) is 0. The molecule has 2 atom stereocenters. The molecule has 0 heteroatoms. The fraction of sp³-hybridized carbons (Fsp3) is 1.00. The smallest absolute Gasteiger partial charge is 0.0295 e. The molecule has 0 radical (unpaired) electrons. The fourth-order valence-electron chi connectivity index (χ4n) is 4.41. The highest BCUT2D eigenvalue weighted by Crippen LogP contribution is 2.48. The zero-order valence-corrected chi connectivity index (χ0v) is 14.1. The van der Waals surface area contributed by atoms with Gasteiger partial charge in [-0.25, -0.2) is 0 Å². The third-order valence-electron chi connectivity index (χ3n) is 5.71. The van der Waals surface area contributed by atoms with Crippen LogP contribution in [-0.2, 0) is 0 Å². The van der Waals surface area contributed by atoms with Crippen molar-refractivity contribution >= 4 is 0 Å². The highest BCUT2D eigenvalue weighted by Gasteiger charge is 2.37. The van der Waals surface area contributed by atoms with Crippen molar-refractivity contribution in [2.24, 2.45) is 17.3 Å². The van der Waals surface area contributed by atoms with Gasteiger partial charge in [0.05, 0.1) is 0 Å². The lowest BCUT2D eigenvalue weighted by Gasteiger charge is -2.44. The van der Waals surface area contributed by atoms with Crippen LogP contribution < -0.4 is 0 Å². The molecule has 1 aliphatic carbocycles. The van der Waals surface area contributed by atoms with Crippen LogP contribution in [0.4, 0.5) is 0 Å². The second-order valence-electron chi connectivity index (χ2n) is 7.44. The average Bonchev–Trinajstić information content (AvgIpc) is 2.40. The van der Waals surface area contributed by atoms with Crippen molar-refractivity contribution in [2.45, 2.75) is 105 Å². The molecule has 0 bridgehead atoms. The van der Waals surface area contributed by atoms with Gasteiger partial charge in [-0.05, 0) is 36.5 Å². The topological polar surface area (TPSA) is 0 Å². The van der Waals surface area contributed by atoms with Gasteiger partial charge in [0.1, 0.15) is 0 Å². The van der Waals surface area contributed by atoms with Gasteiger partial charge in [0, 0.05) is 0 Å². The first-order valence-electron chi connectivity index (χ1n) is 9.14. The molecule has 0 amide bonds. The van der Waals surface area contributed by atoms with E-state index in [1.54, 1.807) is 0 Å². The van der Waals surface area contributed by atoms with E-state index < -0.39 is 0 Å². The van der Waals surface area contributed by atoms with Gasteiger partial charge in [0.2, 0.25) is 0 Å². The van der Waals surface area contributed by atoms with Crippen molar-refractivity contribution in [3.05, 3.63) is 0 Å². The van der Waals surface area contributed by atoms with Gasteiger partial charge in [0.15, 0.2) is 0 Å². The van der Waals surface area contributed by atoms with E-state index in [4.69, 9.17) is 0 Å². The Morgan fingerprint density at radius 2 is 1.37 bits per heavy atom. The van der Waals surface area contributed by atoms with Gasteiger partial charge < -0.3 is 0 Å². The van der Waals surface area contributed by atoms with Gasteiger partial charge >= 0.3 is 0 Å². The van der Waals surface area contributed by atoms with E-state index in [1.165, 1.54) is 77.0 Å². The van der Waals surface area contributed by atoms with E-state index in [0.29, 0.717) is 5.41 Å². The van der Waals surface area contributed by atoms with Crippen LogP contribution in [0.2, 0.25) is 0 Å². The summed E-state index contributed by atoms with van der Waals surface area (Å²) in [6.07, 6.45) is 17.5. The Kier molecular flexibility index (Phi) is 8.11. The number of rotatable bonds is 9. The highest BCUT2D eigenvalue weighted by atomic mass is 14.4. The predicted octanol–water partition coefficient (Wildman–Crippen LogP) is 6.98. The molecule has 2 unspecified atom stereocenters. The Bertz CT molecular complexity index is 208. The monoisotopic (exact) mass is 266 g/mol. The SMILES string of the molecule is CCCCCC(C)(CCCCC)C1CCCCC1C. The third kappa shape index (κ3) is 5.48. The first-order valence-corrected chi connectivity index (χ1v) is 9.14. The van der Waals surface area contributed by atoms with E-state index in [0.717, 1.165) is 11.8 Å². The average molecular weight is 267 g/mol. The predicted molar refractivity (Wildman–Crippen MR) is 87.5 cm³/mol. The minimum absolute atomic E-state index is 0.643. The van der Waals surface area contributed by atoms with Crippen LogP contribution >= 0.6 is 0 Å². The fourth-order valence-corrected chi connectivity index (χ4v) is 4.41. The second-order valence-corrected chi connectivity index (χ2v) is 7.44. The van der Waals surface area contributed by atoms with Crippen molar-refractivity contribution < 1.29 is 0 Å². The summed E-state index contributed by atoms with van der Waals surface area (Å²) in [5.41, 5.74) is 0.643. The van der Waals surface area contributed by atoms with E-state index in [9.17, 15) is 0 Å². The number of hydrogen-bond donors (Lipinski definition) is 0. The molecule has 1 saturated carbocycles. The Morgan fingerprint density at radius 3 is 1.84 bits per heavy atom. The maximum Gasteiger partial charge on any atom is -0.0295 e. The molecule has 0 heterocycles. The summed E-state index contributed by atoms with van der Waals surface area (Å²) in [7, 11) is 0. The van der Waals surface area contributed by atoms with Gasteiger partial charge in [-0.2, -0.15) is 0 Å². The normalized spacial score (nSPS) is 24.6. The molecule has 0 spiro atoms. The maximum atomic E-state index is 2.63. The Hall–Kier alpha value is 0. The number of unbranched alkanes of at least 4 members (excludes halogenated alkanes) is 4. The largest absolute Gasteiger partial charge is 0.0654 e. The van der Waals surface area contributed by atoms with Crippen LogP contribution in [0.25, 0.3) is 0 Å². The number of hydrogen-bond acceptors (Lipinski definition) is 0. The molecular weight excluding hydrogens is 228 g/mol. The zero-order chi connectivity index (χ0) is 14.1. The summed E-state index contributed by atoms with van der Waals surface area (Å²) in [6.45, 7) is 9.82. The Balaban J connectivity index is 2.59. The molecule has 1 rings (SSSR count). The molecular formula is C19H38. The minimum atomic E-state index is 0.643. The van der Waals surface area contributed by atoms with E-state index in [1.807, 2.05) is 0 Å². The summed E-state index contributed by atoms with van der Waals surface area (Å²) < 4.78 is 0. The molecule has 0 N–H and O–H groups in total. The Labute approximate surface area is 122 Å². The lowest BCUT2D eigenvalue weighted by Crippen LogP contribution is -2.34. The van der Waals surface area contributed by atoms with E-state index in [2.05, 4.69) is 27.7 Å². The van der Waals surface area contributed by atoms with Crippen LogP contribution in [-0.4, -0.2) is 0 Å². The first-order chi connectivity index (χ1) is 9.14. The van der Waals surface area contributed by atoms with Crippen molar-refractivity contribution in [1.82, 2.24) is 0 Å². The van der Waals surface area contributed by atoms with E-state index >= 15 is 0 Å². The quantitative estimate of drug-likeness (QED) is 0.395. The highest BCUT2D eigenvalue weighted by molar-refractivity contribution is 4.87. The second kappa shape index (κ2) is 9.03. The molecule has 114 valence electrons. The molecule has 1 fully saturated rings. The van der Waals surface area contributed by atoms with Crippen LogP contribution in [0.1, 0.15) is 105 Å². The van der Waals surface area contributed by atoms with Crippen LogP contribution in [0.3, 0.4) is 0 Å². The van der Waals surface area contributed by atoms with Crippen LogP contribution in [0.15, 0.2) is 0 Å². The molecule has 0 nitrogen and oxygen atoms in total. The third-order valence-corrected chi connectivity index (χ3v) is 5.71. The van der Waals surface area contributed by atoms with Crippen LogP contribution in [0, 0.1) is 17.3 Å². The molecule has 0 aromatic rings. The van der Waals surface area contributed by atoms with Crippen LogP contribution in [0.5, 0.6) is 0 Å². The summed E-state index contributed by atoms with van der Waals surface area (Å²) in [5, 5.41) is 0. The van der Waals surface area contributed by atoms with E-state index in [-0.39, 0.29) is 0 Å². The summed E-state index contributed by atoms with van der Waals surface area (Å²) in [5.74, 6) is 1.98. The van der Waals surface area contributed by atoms with Gasteiger partial charge in [0.25, 0.3) is 0 Å². The molecule has 0 aromatic carbocycles.